The molecule has 1 aromatic carbocycles. The first kappa shape index (κ1) is 13.2. The molecule has 4 heteroatoms. The van der Waals surface area contributed by atoms with Crippen LogP contribution in [0.1, 0.15) is 39.2 Å². The summed E-state index contributed by atoms with van der Waals surface area (Å²) >= 11 is 11.8. The number of imidazole rings is 1. The highest BCUT2D eigenvalue weighted by Gasteiger charge is 2.26. The van der Waals surface area contributed by atoms with Crippen LogP contribution in [0.5, 0.6) is 0 Å². The van der Waals surface area contributed by atoms with Crippen LogP contribution in [0.25, 0.3) is 11.0 Å². The van der Waals surface area contributed by atoms with Gasteiger partial charge in [0.05, 0.1) is 16.1 Å². The maximum Gasteiger partial charge on any atom is 0.178 e. The van der Waals surface area contributed by atoms with E-state index >= 15 is 0 Å². The molecular formula is C15H19ClN2S. The van der Waals surface area contributed by atoms with Gasteiger partial charge in [-0.3, -0.25) is 0 Å². The topological polar surface area (TPSA) is 20.7 Å². The number of aromatic nitrogens is 2. The van der Waals surface area contributed by atoms with Gasteiger partial charge < -0.3 is 9.55 Å². The zero-order valence-corrected chi connectivity index (χ0v) is 12.9. The molecule has 3 rings (SSSR count). The Morgan fingerprint density at radius 2 is 1.89 bits per heavy atom. The van der Waals surface area contributed by atoms with Gasteiger partial charge in [-0.05, 0) is 55.4 Å². The summed E-state index contributed by atoms with van der Waals surface area (Å²) in [5.41, 5.74) is 2.11. The first-order valence-corrected chi connectivity index (χ1v) is 7.73. The lowest BCUT2D eigenvalue weighted by Gasteiger charge is -2.32. The minimum atomic E-state index is 0.499. The van der Waals surface area contributed by atoms with E-state index < -0.39 is 0 Å². The number of para-hydroxylation sites is 1. The van der Waals surface area contributed by atoms with Crippen molar-refractivity contribution in [3.05, 3.63) is 28.0 Å². The van der Waals surface area contributed by atoms with Crippen LogP contribution in [0.3, 0.4) is 0 Å². The fourth-order valence-corrected chi connectivity index (χ4v) is 4.16. The molecule has 0 bridgehead atoms. The van der Waals surface area contributed by atoms with Gasteiger partial charge >= 0.3 is 0 Å². The Kier molecular flexibility index (Phi) is 3.44. The second-order valence-electron chi connectivity index (χ2n) is 6.01. The number of fused-ring (bicyclic) bond motifs is 1. The molecule has 0 radical (unpaired) electrons. The Morgan fingerprint density at radius 1 is 1.21 bits per heavy atom. The monoisotopic (exact) mass is 294 g/mol. The molecule has 0 amide bonds. The first-order valence-electron chi connectivity index (χ1n) is 6.95. The Labute approximate surface area is 123 Å². The van der Waals surface area contributed by atoms with Crippen LogP contribution in [0.15, 0.2) is 18.2 Å². The van der Waals surface area contributed by atoms with Gasteiger partial charge in [-0.1, -0.05) is 31.5 Å². The number of hydrogen-bond donors (Lipinski definition) is 1. The van der Waals surface area contributed by atoms with Crippen molar-refractivity contribution < 1.29 is 0 Å². The maximum absolute atomic E-state index is 6.25. The van der Waals surface area contributed by atoms with Crippen LogP contribution in [-0.2, 0) is 0 Å². The number of rotatable bonds is 1. The fraction of sp³-hybridized carbons (Fsp3) is 0.533. The summed E-state index contributed by atoms with van der Waals surface area (Å²) in [4.78, 5) is 3.27. The molecule has 2 unspecified atom stereocenters. The molecule has 2 aromatic rings. The Morgan fingerprint density at radius 3 is 2.58 bits per heavy atom. The van der Waals surface area contributed by atoms with Crippen molar-refractivity contribution >= 4 is 34.9 Å². The predicted octanol–water partition coefficient (Wildman–Crippen LogP) is 5.35. The number of hydrogen-bond acceptors (Lipinski definition) is 1. The van der Waals surface area contributed by atoms with Gasteiger partial charge in [0.25, 0.3) is 0 Å². The molecule has 1 fully saturated rings. The highest BCUT2D eigenvalue weighted by atomic mass is 35.5. The molecule has 1 saturated carbocycles. The molecule has 1 N–H and O–H groups in total. The second-order valence-corrected chi connectivity index (χ2v) is 6.80. The van der Waals surface area contributed by atoms with E-state index in [1.165, 1.54) is 19.3 Å². The van der Waals surface area contributed by atoms with Gasteiger partial charge in [-0.25, -0.2) is 0 Å². The minimum Gasteiger partial charge on any atom is -0.329 e. The summed E-state index contributed by atoms with van der Waals surface area (Å²) in [5.74, 6) is 1.53. The quantitative estimate of drug-likeness (QED) is 0.703. The molecule has 1 aliphatic rings. The van der Waals surface area contributed by atoms with E-state index in [0.29, 0.717) is 6.04 Å². The Balaban J connectivity index is 2.12. The standard InChI is InChI=1S/C15H19ClN2S/c1-9-6-10(2)8-11(7-9)18-13-5-3-4-12(16)14(13)17-15(18)19/h3-5,9-11H,6-8H2,1-2H3,(H,17,19). The molecule has 2 atom stereocenters. The van der Waals surface area contributed by atoms with Gasteiger partial charge in [-0.2, -0.15) is 0 Å². The molecular weight excluding hydrogens is 276 g/mol. The summed E-state index contributed by atoms with van der Waals surface area (Å²) in [6.07, 6.45) is 3.74. The fourth-order valence-electron chi connectivity index (χ4n) is 3.59. The summed E-state index contributed by atoms with van der Waals surface area (Å²) < 4.78 is 3.08. The lowest BCUT2D eigenvalue weighted by molar-refractivity contribution is 0.223. The predicted molar refractivity (Wildman–Crippen MR) is 83.3 cm³/mol. The van der Waals surface area contributed by atoms with Crippen molar-refractivity contribution in [2.24, 2.45) is 11.8 Å². The van der Waals surface area contributed by atoms with Crippen LogP contribution >= 0.6 is 23.8 Å². The number of nitrogens with one attached hydrogen (secondary N) is 1. The Bertz CT molecular complexity index is 648. The smallest absolute Gasteiger partial charge is 0.178 e. The lowest BCUT2D eigenvalue weighted by atomic mass is 9.80. The minimum absolute atomic E-state index is 0.499. The lowest BCUT2D eigenvalue weighted by Crippen LogP contribution is -2.22. The van der Waals surface area contributed by atoms with E-state index in [-0.39, 0.29) is 0 Å². The van der Waals surface area contributed by atoms with Crippen molar-refractivity contribution in [3.63, 3.8) is 0 Å². The van der Waals surface area contributed by atoms with Crippen LogP contribution in [0.2, 0.25) is 5.02 Å². The third kappa shape index (κ3) is 2.34. The van der Waals surface area contributed by atoms with Crippen LogP contribution in [0.4, 0.5) is 0 Å². The van der Waals surface area contributed by atoms with Gasteiger partial charge in [0.2, 0.25) is 0 Å². The zero-order chi connectivity index (χ0) is 13.6. The van der Waals surface area contributed by atoms with Crippen LogP contribution in [0, 0.1) is 16.6 Å². The normalized spacial score (nSPS) is 27.8. The molecule has 19 heavy (non-hydrogen) atoms. The first-order chi connectivity index (χ1) is 9.06. The van der Waals surface area contributed by atoms with Gasteiger partial charge in [0.15, 0.2) is 4.77 Å². The van der Waals surface area contributed by atoms with E-state index in [1.807, 2.05) is 12.1 Å². The van der Waals surface area contributed by atoms with Crippen molar-refractivity contribution in [1.29, 1.82) is 0 Å². The molecule has 1 aromatic heterocycles. The average molecular weight is 295 g/mol. The van der Waals surface area contributed by atoms with E-state index in [9.17, 15) is 0 Å². The second kappa shape index (κ2) is 4.95. The van der Waals surface area contributed by atoms with E-state index in [4.69, 9.17) is 23.8 Å². The molecule has 0 spiro atoms. The molecule has 1 heterocycles. The number of nitrogens with zero attached hydrogens (tertiary/aromatic N) is 1. The summed E-state index contributed by atoms with van der Waals surface area (Å²) in [5, 5.41) is 0.749. The van der Waals surface area contributed by atoms with Crippen molar-refractivity contribution in [2.45, 2.75) is 39.2 Å². The van der Waals surface area contributed by atoms with Crippen molar-refractivity contribution in [3.8, 4) is 0 Å². The number of benzene rings is 1. The molecule has 0 saturated heterocycles. The van der Waals surface area contributed by atoms with Crippen LogP contribution in [-0.4, -0.2) is 9.55 Å². The van der Waals surface area contributed by atoms with Crippen molar-refractivity contribution in [1.82, 2.24) is 9.55 Å². The third-order valence-corrected chi connectivity index (χ3v) is 4.83. The molecule has 1 aliphatic carbocycles. The highest BCUT2D eigenvalue weighted by Crippen LogP contribution is 2.38. The number of H-pyrrole nitrogens is 1. The third-order valence-electron chi connectivity index (χ3n) is 4.22. The zero-order valence-electron chi connectivity index (χ0n) is 11.3. The van der Waals surface area contributed by atoms with E-state index in [2.05, 4.69) is 29.5 Å². The number of halogens is 1. The van der Waals surface area contributed by atoms with E-state index in [0.717, 1.165) is 32.7 Å². The van der Waals surface area contributed by atoms with Crippen LogP contribution < -0.4 is 0 Å². The largest absolute Gasteiger partial charge is 0.329 e. The number of aromatic amines is 1. The van der Waals surface area contributed by atoms with Gasteiger partial charge in [-0.15, -0.1) is 0 Å². The average Bonchev–Trinajstić information content (AvgIpc) is 2.65. The van der Waals surface area contributed by atoms with E-state index in [1.54, 1.807) is 0 Å². The summed E-state index contributed by atoms with van der Waals surface area (Å²) in [6.45, 7) is 4.68. The highest BCUT2D eigenvalue weighted by molar-refractivity contribution is 7.71. The SMILES string of the molecule is CC1CC(C)CC(n2c(=S)[nH]c3c(Cl)cccc32)C1. The van der Waals surface area contributed by atoms with Gasteiger partial charge in [0.1, 0.15) is 0 Å². The summed E-state index contributed by atoms with van der Waals surface area (Å²) in [6, 6.07) is 6.51. The summed E-state index contributed by atoms with van der Waals surface area (Å²) in [7, 11) is 0. The molecule has 2 nitrogen and oxygen atoms in total. The van der Waals surface area contributed by atoms with Gasteiger partial charge in [0, 0.05) is 6.04 Å². The maximum atomic E-state index is 6.25. The molecule has 102 valence electrons. The van der Waals surface area contributed by atoms with Crippen molar-refractivity contribution in [2.75, 3.05) is 0 Å². The molecule has 0 aliphatic heterocycles. The Hall–Kier alpha value is -0.800.